The zero-order valence-corrected chi connectivity index (χ0v) is 15.9. The fraction of sp³-hybridized carbons (Fsp3) is 0.111. The third kappa shape index (κ3) is 5.81. The van der Waals surface area contributed by atoms with Crippen molar-refractivity contribution in [3.05, 3.63) is 69.3 Å². The second-order valence-electron chi connectivity index (χ2n) is 5.65. The van der Waals surface area contributed by atoms with E-state index >= 15 is 0 Å². The first-order valence-corrected chi connectivity index (χ1v) is 8.50. The van der Waals surface area contributed by atoms with Crippen LogP contribution in [0.3, 0.4) is 0 Å². The van der Waals surface area contributed by atoms with Crippen molar-refractivity contribution in [1.82, 2.24) is 0 Å². The predicted molar refractivity (Wildman–Crippen MR) is 98.9 cm³/mol. The Morgan fingerprint density at radius 1 is 0.900 bits per heavy atom. The third-order valence-electron chi connectivity index (χ3n) is 3.55. The van der Waals surface area contributed by atoms with Crippen LogP contribution in [-0.4, -0.2) is 5.91 Å². The fourth-order valence-corrected chi connectivity index (χ4v) is 2.60. The maximum absolute atomic E-state index is 12.9. The molecule has 0 aromatic heterocycles. The molecule has 158 valence electrons. The molecule has 0 saturated heterocycles. The number of nitriles is 1. The molecular weight excluding hydrogens is 459 g/mol. The molecule has 0 spiro atoms. The van der Waals surface area contributed by atoms with Gasteiger partial charge in [-0.3, -0.25) is 4.79 Å². The lowest BCUT2D eigenvalue weighted by Crippen LogP contribution is -2.15. The third-order valence-corrected chi connectivity index (χ3v) is 4.21. The van der Waals surface area contributed by atoms with E-state index in [0.29, 0.717) is 12.1 Å². The number of nitrogens with one attached hydrogen (secondary N) is 2. The number of rotatable bonds is 4. The van der Waals surface area contributed by atoms with E-state index in [1.54, 1.807) is 0 Å². The minimum Gasteiger partial charge on any atom is -0.360 e. The summed E-state index contributed by atoms with van der Waals surface area (Å²) in [5, 5.41) is 12.4. The van der Waals surface area contributed by atoms with Crippen LogP contribution in [0.15, 0.2) is 48.2 Å². The highest BCUT2D eigenvalue weighted by Gasteiger charge is 2.34. The van der Waals surface area contributed by atoms with E-state index in [1.165, 1.54) is 12.1 Å². The van der Waals surface area contributed by atoms with Gasteiger partial charge in [-0.25, -0.2) is 0 Å². The van der Waals surface area contributed by atoms with Gasteiger partial charge in [0.15, 0.2) is 0 Å². The van der Waals surface area contributed by atoms with Crippen LogP contribution in [0.1, 0.15) is 11.1 Å². The number of benzene rings is 2. The van der Waals surface area contributed by atoms with Crippen LogP contribution in [0.25, 0.3) is 0 Å². The van der Waals surface area contributed by atoms with Crippen LogP contribution in [0.2, 0.25) is 10.0 Å². The Morgan fingerprint density at radius 2 is 1.37 bits per heavy atom. The first-order valence-electron chi connectivity index (χ1n) is 7.74. The quantitative estimate of drug-likeness (QED) is 0.307. The van der Waals surface area contributed by atoms with Gasteiger partial charge in [0, 0.05) is 17.6 Å². The molecule has 0 aliphatic rings. The summed E-state index contributed by atoms with van der Waals surface area (Å²) in [5.74, 6) is -1.09. The number of amides is 1. The smallest absolute Gasteiger partial charge is 0.360 e. The number of halogens is 8. The highest BCUT2D eigenvalue weighted by Crippen LogP contribution is 2.37. The zero-order chi connectivity index (χ0) is 22.7. The average molecular weight is 468 g/mol. The van der Waals surface area contributed by atoms with Crippen molar-refractivity contribution in [2.75, 3.05) is 10.6 Å². The van der Waals surface area contributed by atoms with Crippen molar-refractivity contribution in [2.24, 2.45) is 0 Å². The Labute approximate surface area is 175 Å². The largest absolute Gasteiger partial charge is 0.417 e. The fourth-order valence-electron chi connectivity index (χ4n) is 2.16. The minimum atomic E-state index is -4.77. The molecule has 12 heteroatoms. The van der Waals surface area contributed by atoms with Crippen molar-refractivity contribution in [1.29, 1.82) is 5.26 Å². The van der Waals surface area contributed by atoms with E-state index in [-0.39, 0.29) is 11.4 Å². The summed E-state index contributed by atoms with van der Waals surface area (Å²) < 4.78 is 77.3. The number of hydrogen-bond acceptors (Lipinski definition) is 3. The minimum absolute atomic E-state index is 0.127. The number of hydrogen-bond donors (Lipinski definition) is 2. The molecule has 2 aromatic rings. The van der Waals surface area contributed by atoms with Crippen LogP contribution in [0.4, 0.5) is 37.7 Å². The zero-order valence-electron chi connectivity index (χ0n) is 14.4. The Hall–Kier alpha value is -2.90. The van der Waals surface area contributed by atoms with Crippen molar-refractivity contribution in [3.63, 3.8) is 0 Å². The Bertz CT molecular complexity index is 1040. The number of anilines is 2. The molecule has 0 unspecified atom stereocenters. The first-order chi connectivity index (χ1) is 13.8. The van der Waals surface area contributed by atoms with Gasteiger partial charge < -0.3 is 10.6 Å². The number of nitrogens with zero attached hydrogens (tertiary/aromatic N) is 1. The summed E-state index contributed by atoms with van der Waals surface area (Å²) in [6, 6.07) is 6.90. The topological polar surface area (TPSA) is 64.9 Å². The predicted octanol–water partition coefficient (Wildman–Crippen LogP) is 6.49. The monoisotopic (exact) mass is 467 g/mol. The summed E-state index contributed by atoms with van der Waals surface area (Å²) in [6.45, 7) is 0. The number of alkyl halides is 6. The lowest BCUT2D eigenvalue weighted by atomic mass is 10.1. The van der Waals surface area contributed by atoms with Gasteiger partial charge in [0.1, 0.15) is 11.6 Å². The van der Waals surface area contributed by atoms with E-state index < -0.39 is 45.0 Å². The SMILES string of the molecule is N#C/C(=C/Nc1ccc(Cl)c(C(F)(F)F)c1)C(=O)Nc1ccc(Cl)c(C(F)(F)F)c1. The lowest BCUT2D eigenvalue weighted by molar-refractivity contribution is -0.138. The molecule has 30 heavy (non-hydrogen) atoms. The molecule has 0 aliphatic heterocycles. The molecular formula is C18H9Cl2F6N3O. The Kier molecular flexibility index (Phi) is 6.90. The van der Waals surface area contributed by atoms with Gasteiger partial charge in [-0.1, -0.05) is 23.2 Å². The molecule has 2 aromatic carbocycles. The summed E-state index contributed by atoms with van der Waals surface area (Å²) >= 11 is 11.0. The van der Waals surface area contributed by atoms with Crippen molar-refractivity contribution < 1.29 is 31.1 Å². The van der Waals surface area contributed by atoms with Gasteiger partial charge in [-0.2, -0.15) is 31.6 Å². The van der Waals surface area contributed by atoms with E-state index in [0.717, 1.165) is 24.4 Å². The van der Waals surface area contributed by atoms with Crippen molar-refractivity contribution >= 4 is 40.5 Å². The maximum Gasteiger partial charge on any atom is 0.417 e. The van der Waals surface area contributed by atoms with Crippen LogP contribution in [0, 0.1) is 11.3 Å². The van der Waals surface area contributed by atoms with Crippen molar-refractivity contribution in [3.8, 4) is 6.07 Å². The van der Waals surface area contributed by atoms with Crippen LogP contribution < -0.4 is 10.6 Å². The molecule has 0 saturated carbocycles. The van der Waals surface area contributed by atoms with E-state index in [4.69, 9.17) is 28.5 Å². The average Bonchev–Trinajstić information content (AvgIpc) is 2.63. The van der Waals surface area contributed by atoms with Gasteiger partial charge in [-0.05, 0) is 36.4 Å². The molecule has 0 fully saturated rings. The molecule has 2 N–H and O–H groups in total. The lowest BCUT2D eigenvalue weighted by Gasteiger charge is -2.12. The number of carbonyl (C=O) groups excluding carboxylic acids is 1. The molecule has 0 radical (unpaired) electrons. The Morgan fingerprint density at radius 3 is 1.83 bits per heavy atom. The highest BCUT2D eigenvalue weighted by atomic mass is 35.5. The highest BCUT2D eigenvalue weighted by molar-refractivity contribution is 6.31. The molecule has 0 bridgehead atoms. The summed E-state index contributed by atoms with van der Waals surface area (Å²) in [6.07, 6.45) is -8.68. The summed E-state index contributed by atoms with van der Waals surface area (Å²) in [5.41, 5.74) is -3.35. The maximum atomic E-state index is 12.9. The molecule has 0 atom stereocenters. The standard InChI is InChI=1S/C18H9Cl2F6N3O/c19-14-3-1-10(5-12(14)17(21,22)23)28-8-9(7-27)16(30)29-11-2-4-15(20)13(6-11)18(24,25)26/h1-6,8,28H,(H,29,30)/b9-8-. The van der Waals surface area contributed by atoms with Gasteiger partial charge in [-0.15, -0.1) is 0 Å². The molecule has 2 rings (SSSR count). The summed E-state index contributed by atoms with van der Waals surface area (Å²) in [4.78, 5) is 12.1. The van der Waals surface area contributed by atoms with Crippen LogP contribution in [0.5, 0.6) is 0 Å². The van der Waals surface area contributed by atoms with Gasteiger partial charge in [0.05, 0.1) is 21.2 Å². The van der Waals surface area contributed by atoms with E-state index in [1.807, 2.05) is 0 Å². The van der Waals surface area contributed by atoms with Crippen LogP contribution in [-0.2, 0) is 17.1 Å². The van der Waals surface area contributed by atoms with Gasteiger partial charge in [0.2, 0.25) is 0 Å². The number of carbonyl (C=O) groups is 1. The second kappa shape index (κ2) is 8.85. The normalized spacial score (nSPS) is 12.3. The Balaban J connectivity index is 2.22. The van der Waals surface area contributed by atoms with E-state index in [9.17, 15) is 31.1 Å². The van der Waals surface area contributed by atoms with E-state index in [2.05, 4.69) is 10.6 Å². The summed E-state index contributed by atoms with van der Waals surface area (Å²) in [7, 11) is 0. The van der Waals surface area contributed by atoms with Gasteiger partial charge in [0.25, 0.3) is 5.91 Å². The second-order valence-corrected chi connectivity index (χ2v) is 6.47. The molecule has 0 heterocycles. The van der Waals surface area contributed by atoms with Crippen molar-refractivity contribution in [2.45, 2.75) is 12.4 Å². The molecule has 0 aliphatic carbocycles. The molecule has 4 nitrogen and oxygen atoms in total. The van der Waals surface area contributed by atoms with Crippen LogP contribution >= 0.6 is 23.2 Å². The van der Waals surface area contributed by atoms with Gasteiger partial charge >= 0.3 is 12.4 Å². The first kappa shape index (κ1) is 23.4. The molecule has 1 amide bonds.